The first-order chi connectivity index (χ1) is 15.0. The summed E-state index contributed by atoms with van der Waals surface area (Å²) in [6.45, 7) is 4.01. The van der Waals surface area contributed by atoms with Crippen LogP contribution in [-0.4, -0.2) is 12.4 Å². The number of hydrogen-bond acceptors (Lipinski definition) is 5. The van der Waals surface area contributed by atoms with E-state index >= 15 is 0 Å². The van der Waals surface area contributed by atoms with Gasteiger partial charge in [0.05, 0.1) is 0 Å². The van der Waals surface area contributed by atoms with Crippen molar-refractivity contribution in [3.8, 4) is 17.2 Å². The second kappa shape index (κ2) is 10.5. The van der Waals surface area contributed by atoms with Crippen molar-refractivity contribution in [2.45, 2.75) is 0 Å². The number of carbonyl (C=O) groups is 1. The lowest BCUT2D eigenvalue weighted by Crippen LogP contribution is -2.02. The van der Waals surface area contributed by atoms with E-state index in [1.54, 1.807) is 97.1 Å². The molecule has 4 N–H and O–H groups in total. The minimum absolute atomic E-state index is 0.123. The van der Waals surface area contributed by atoms with E-state index in [0.29, 0.717) is 46.4 Å². The van der Waals surface area contributed by atoms with Crippen molar-refractivity contribution in [1.82, 2.24) is 0 Å². The van der Waals surface area contributed by atoms with Gasteiger partial charge in [0.15, 0.2) is 5.78 Å². The molecule has 5 heteroatoms. The summed E-state index contributed by atoms with van der Waals surface area (Å²) in [5, 5.41) is 0. The number of hydrogen-bond donors (Lipinski definition) is 2. The van der Waals surface area contributed by atoms with E-state index in [-0.39, 0.29) is 5.78 Å². The molecule has 0 bridgehead atoms. The van der Waals surface area contributed by atoms with E-state index in [4.69, 9.17) is 20.9 Å². The highest BCUT2D eigenvalue weighted by atomic mass is 16.5. The van der Waals surface area contributed by atoms with Crippen molar-refractivity contribution < 1.29 is 14.3 Å². The molecule has 3 aromatic carbocycles. The van der Waals surface area contributed by atoms with Gasteiger partial charge < -0.3 is 20.9 Å². The Hall–Kier alpha value is -4.25. The summed E-state index contributed by atoms with van der Waals surface area (Å²) in [4.78, 5) is 12.9. The zero-order chi connectivity index (χ0) is 22.1. The average molecular weight is 412 g/mol. The Morgan fingerprint density at radius 3 is 1.87 bits per heavy atom. The van der Waals surface area contributed by atoms with Crippen molar-refractivity contribution in [2.75, 3.05) is 18.1 Å². The number of carbonyl (C=O) groups excluding carboxylic acids is 1. The number of allylic oxidation sites excluding steroid dienone is 4. The van der Waals surface area contributed by atoms with Gasteiger partial charge in [-0.25, -0.2) is 0 Å². The molecule has 0 radical (unpaired) electrons. The Morgan fingerprint density at radius 1 is 0.806 bits per heavy atom. The van der Waals surface area contributed by atoms with Crippen molar-refractivity contribution in [2.24, 2.45) is 0 Å². The third-order valence-electron chi connectivity index (χ3n) is 4.32. The smallest absolute Gasteiger partial charge is 0.193 e. The number of Topliss-reactive ketones (excluding diaryl/α,β-unsaturated/α-hetero) is 1. The monoisotopic (exact) mass is 412 g/mol. The summed E-state index contributed by atoms with van der Waals surface area (Å²) in [5.41, 5.74) is 13.7. The number of benzene rings is 3. The Morgan fingerprint density at radius 2 is 1.32 bits per heavy atom. The molecule has 0 atom stereocenters. The number of rotatable bonds is 9. The van der Waals surface area contributed by atoms with Crippen molar-refractivity contribution in [3.63, 3.8) is 0 Å². The molecule has 0 heterocycles. The summed E-state index contributed by atoms with van der Waals surface area (Å²) >= 11 is 0. The van der Waals surface area contributed by atoms with Crippen LogP contribution in [0.25, 0.3) is 0 Å². The van der Waals surface area contributed by atoms with Crippen LogP contribution in [0.1, 0.15) is 10.4 Å². The van der Waals surface area contributed by atoms with Gasteiger partial charge in [-0.2, -0.15) is 0 Å². The molecule has 0 aromatic heterocycles. The molecule has 0 spiro atoms. The van der Waals surface area contributed by atoms with Crippen LogP contribution in [0.15, 0.2) is 109 Å². The van der Waals surface area contributed by atoms with E-state index in [0.717, 1.165) is 0 Å². The quantitative estimate of drug-likeness (QED) is 0.207. The number of anilines is 2. The van der Waals surface area contributed by atoms with Crippen LogP contribution in [0.3, 0.4) is 0 Å². The van der Waals surface area contributed by atoms with Crippen LogP contribution >= 0.6 is 0 Å². The zero-order valence-electron chi connectivity index (χ0n) is 17.0. The fourth-order valence-electron chi connectivity index (χ4n) is 2.73. The first-order valence-corrected chi connectivity index (χ1v) is 9.71. The largest absolute Gasteiger partial charge is 0.490 e. The Bertz CT molecular complexity index is 1080. The molecule has 0 aliphatic carbocycles. The molecule has 0 aliphatic rings. The van der Waals surface area contributed by atoms with Gasteiger partial charge in [0.25, 0.3) is 0 Å². The summed E-state index contributed by atoms with van der Waals surface area (Å²) in [6.07, 6.45) is 6.75. The van der Waals surface area contributed by atoms with Crippen molar-refractivity contribution in [3.05, 3.63) is 115 Å². The predicted molar refractivity (Wildman–Crippen MR) is 125 cm³/mol. The van der Waals surface area contributed by atoms with Gasteiger partial charge in [-0.15, -0.1) is 0 Å². The summed E-state index contributed by atoms with van der Waals surface area (Å²) in [6, 6.07) is 21.2. The van der Waals surface area contributed by atoms with Crippen LogP contribution in [0.2, 0.25) is 0 Å². The first kappa shape index (κ1) is 21.5. The van der Waals surface area contributed by atoms with E-state index < -0.39 is 0 Å². The SMILES string of the molecule is C=C/C=C(\C=C/COc1ccc(N)cc1)C(=O)c1ccc(Oc2ccc(N)cc2)cc1. The van der Waals surface area contributed by atoms with Gasteiger partial charge in [-0.05, 0) is 78.9 Å². The highest BCUT2D eigenvalue weighted by molar-refractivity contribution is 6.10. The molecule has 156 valence electrons. The Labute approximate surface area is 181 Å². The van der Waals surface area contributed by atoms with Crippen LogP contribution in [-0.2, 0) is 0 Å². The number of nitrogens with two attached hydrogens (primary N) is 2. The lowest BCUT2D eigenvalue weighted by molar-refractivity contribution is 0.103. The molecule has 0 aliphatic heterocycles. The average Bonchev–Trinajstić information content (AvgIpc) is 2.79. The van der Waals surface area contributed by atoms with Crippen LogP contribution < -0.4 is 20.9 Å². The first-order valence-electron chi connectivity index (χ1n) is 9.71. The summed E-state index contributed by atoms with van der Waals surface area (Å²) in [7, 11) is 0. The molecule has 3 aromatic rings. The Balaban J connectivity index is 1.62. The molecule has 0 unspecified atom stereocenters. The topological polar surface area (TPSA) is 87.6 Å². The molecule has 0 saturated carbocycles. The van der Waals surface area contributed by atoms with E-state index in [1.165, 1.54) is 0 Å². The predicted octanol–water partition coefficient (Wildman–Crippen LogP) is 5.57. The lowest BCUT2D eigenvalue weighted by atomic mass is 10.0. The molecular formula is C26H24N2O3. The molecule has 0 fully saturated rings. The van der Waals surface area contributed by atoms with Gasteiger partial charge in [0.1, 0.15) is 23.9 Å². The van der Waals surface area contributed by atoms with Crippen LogP contribution in [0.5, 0.6) is 17.2 Å². The van der Waals surface area contributed by atoms with Gasteiger partial charge in [0, 0.05) is 22.5 Å². The van der Waals surface area contributed by atoms with Gasteiger partial charge >= 0.3 is 0 Å². The lowest BCUT2D eigenvalue weighted by Gasteiger charge is -2.07. The molecule has 31 heavy (non-hydrogen) atoms. The normalized spacial score (nSPS) is 11.3. The second-order valence-corrected chi connectivity index (χ2v) is 6.66. The second-order valence-electron chi connectivity index (χ2n) is 6.66. The summed E-state index contributed by atoms with van der Waals surface area (Å²) in [5.74, 6) is 1.88. The number of nitrogen functional groups attached to an aromatic ring is 2. The highest BCUT2D eigenvalue weighted by Gasteiger charge is 2.10. The molecule has 3 rings (SSSR count). The van der Waals surface area contributed by atoms with Gasteiger partial charge in [-0.1, -0.05) is 24.8 Å². The van der Waals surface area contributed by atoms with Gasteiger partial charge in [-0.3, -0.25) is 4.79 Å². The third-order valence-corrected chi connectivity index (χ3v) is 4.32. The van der Waals surface area contributed by atoms with E-state index in [1.807, 2.05) is 0 Å². The maximum Gasteiger partial charge on any atom is 0.193 e. The third kappa shape index (κ3) is 6.37. The molecular weight excluding hydrogens is 388 g/mol. The maximum absolute atomic E-state index is 12.9. The highest BCUT2D eigenvalue weighted by Crippen LogP contribution is 2.23. The van der Waals surface area contributed by atoms with Gasteiger partial charge in [0.2, 0.25) is 0 Å². The van der Waals surface area contributed by atoms with Crippen LogP contribution in [0.4, 0.5) is 11.4 Å². The summed E-state index contributed by atoms with van der Waals surface area (Å²) < 4.78 is 11.4. The fourth-order valence-corrected chi connectivity index (χ4v) is 2.73. The number of ether oxygens (including phenoxy) is 2. The number of ketones is 1. The minimum Gasteiger partial charge on any atom is -0.490 e. The molecule has 5 nitrogen and oxygen atoms in total. The maximum atomic E-state index is 12.9. The molecule has 0 saturated heterocycles. The van der Waals surface area contributed by atoms with Crippen LogP contribution in [0, 0.1) is 0 Å². The van der Waals surface area contributed by atoms with E-state index in [9.17, 15) is 4.79 Å². The van der Waals surface area contributed by atoms with E-state index in [2.05, 4.69) is 6.58 Å². The van der Waals surface area contributed by atoms with Crippen molar-refractivity contribution in [1.29, 1.82) is 0 Å². The fraction of sp³-hybridized carbons (Fsp3) is 0.0385. The zero-order valence-corrected chi connectivity index (χ0v) is 17.0. The van der Waals surface area contributed by atoms with Crippen molar-refractivity contribution >= 4 is 17.2 Å². The molecule has 0 amide bonds. The standard InChI is InChI=1S/C26H24N2O3/c1-2-4-19(5-3-18-30-23-14-8-21(27)9-15-23)26(29)20-6-12-24(13-7-20)31-25-16-10-22(28)11-17-25/h2-17H,1,18,27-28H2/b5-3-,19-4+. The minimum atomic E-state index is -0.123. The Kier molecular flexibility index (Phi) is 7.27.